The van der Waals surface area contributed by atoms with Crippen LogP contribution in [0.1, 0.15) is 12.8 Å². The van der Waals surface area contributed by atoms with Gasteiger partial charge in [0.25, 0.3) is 0 Å². The predicted octanol–water partition coefficient (Wildman–Crippen LogP) is 1.79. The molecule has 0 amide bonds. The highest BCUT2D eigenvalue weighted by atomic mass is 16.7. The molecule has 0 spiro atoms. The SMILES string of the molecule is c1cc2c(cc1OC[C@H]1CCCNC1)OCO2. The Morgan fingerprint density at radius 1 is 1.29 bits per heavy atom. The molecule has 1 aromatic carbocycles. The van der Waals surface area contributed by atoms with E-state index < -0.39 is 0 Å². The highest BCUT2D eigenvalue weighted by Gasteiger charge is 2.16. The Morgan fingerprint density at radius 2 is 2.24 bits per heavy atom. The van der Waals surface area contributed by atoms with E-state index in [-0.39, 0.29) is 0 Å². The summed E-state index contributed by atoms with van der Waals surface area (Å²) >= 11 is 0. The lowest BCUT2D eigenvalue weighted by Crippen LogP contribution is -2.33. The molecule has 1 N–H and O–H groups in total. The van der Waals surface area contributed by atoms with Crippen LogP contribution < -0.4 is 19.5 Å². The van der Waals surface area contributed by atoms with Gasteiger partial charge in [-0.3, -0.25) is 0 Å². The fraction of sp³-hybridized carbons (Fsp3) is 0.538. The number of piperidine rings is 1. The van der Waals surface area contributed by atoms with Crippen molar-refractivity contribution in [1.29, 1.82) is 0 Å². The molecule has 3 rings (SSSR count). The van der Waals surface area contributed by atoms with Gasteiger partial charge in [0.2, 0.25) is 6.79 Å². The van der Waals surface area contributed by atoms with Crippen LogP contribution in [-0.2, 0) is 0 Å². The molecule has 17 heavy (non-hydrogen) atoms. The minimum atomic E-state index is 0.311. The molecule has 1 atom stereocenters. The maximum Gasteiger partial charge on any atom is 0.231 e. The Bertz CT molecular complexity index is 388. The number of hydrogen-bond acceptors (Lipinski definition) is 4. The van der Waals surface area contributed by atoms with E-state index in [0.717, 1.165) is 36.9 Å². The van der Waals surface area contributed by atoms with Gasteiger partial charge in [0, 0.05) is 18.5 Å². The van der Waals surface area contributed by atoms with Gasteiger partial charge in [0.05, 0.1) is 6.61 Å². The minimum Gasteiger partial charge on any atom is -0.493 e. The van der Waals surface area contributed by atoms with Gasteiger partial charge in [-0.25, -0.2) is 0 Å². The van der Waals surface area contributed by atoms with Gasteiger partial charge in [0.15, 0.2) is 11.5 Å². The van der Waals surface area contributed by atoms with Crippen LogP contribution in [0.5, 0.6) is 17.2 Å². The number of fused-ring (bicyclic) bond motifs is 1. The number of ether oxygens (including phenoxy) is 3. The summed E-state index contributed by atoms with van der Waals surface area (Å²) in [5.74, 6) is 3.06. The van der Waals surface area contributed by atoms with E-state index in [1.54, 1.807) is 0 Å². The van der Waals surface area contributed by atoms with Crippen molar-refractivity contribution in [1.82, 2.24) is 5.32 Å². The van der Waals surface area contributed by atoms with Crippen molar-refractivity contribution in [3.8, 4) is 17.2 Å². The minimum absolute atomic E-state index is 0.311. The second kappa shape index (κ2) is 4.84. The van der Waals surface area contributed by atoms with Crippen LogP contribution in [0.3, 0.4) is 0 Å². The van der Waals surface area contributed by atoms with E-state index in [1.165, 1.54) is 12.8 Å². The van der Waals surface area contributed by atoms with Gasteiger partial charge < -0.3 is 19.5 Å². The van der Waals surface area contributed by atoms with Gasteiger partial charge >= 0.3 is 0 Å². The smallest absolute Gasteiger partial charge is 0.231 e. The molecule has 1 saturated heterocycles. The molecule has 4 nitrogen and oxygen atoms in total. The number of benzene rings is 1. The number of nitrogens with one attached hydrogen (secondary N) is 1. The molecule has 2 aliphatic rings. The molecule has 0 radical (unpaired) electrons. The summed E-state index contributed by atoms with van der Waals surface area (Å²) in [7, 11) is 0. The van der Waals surface area contributed by atoms with Gasteiger partial charge in [-0.05, 0) is 31.5 Å². The van der Waals surface area contributed by atoms with Crippen molar-refractivity contribution in [2.45, 2.75) is 12.8 Å². The van der Waals surface area contributed by atoms with E-state index in [1.807, 2.05) is 18.2 Å². The molecule has 2 heterocycles. The van der Waals surface area contributed by atoms with E-state index in [0.29, 0.717) is 12.7 Å². The van der Waals surface area contributed by atoms with Crippen LogP contribution in [0.15, 0.2) is 18.2 Å². The third-order valence-electron chi connectivity index (χ3n) is 3.23. The van der Waals surface area contributed by atoms with Gasteiger partial charge in [0.1, 0.15) is 5.75 Å². The van der Waals surface area contributed by atoms with Crippen LogP contribution in [0.25, 0.3) is 0 Å². The average Bonchev–Trinajstić information content (AvgIpc) is 2.85. The molecule has 0 aromatic heterocycles. The molecule has 0 bridgehead atoms. The van der Waals surface area contributed by atoms with Gasteiger partial charge in [-0.2, -0.15) is 0 Å². The fourth-order valence-corrected chi connectivity index (χ4v) is 2.25. The summed E-state index contributed by atoms with van der Waals surface area (Å²) in [6.07, 6.45) is 2.49. The lowest BCUT2D eigenvalue weighted by molar-refractivity contribution is 0.173. The molecule has 0 aliphatic carbocycles. The maximum atomic E-state index is 5.80. The lowest BCUT2D eigenvalue weighted by Gasteiger charge is -2.22. The first kappa shape index (κ1) is 10.7. The van der Waals surface area contributed by atoms with Crippen molar-refractivity contribution in [3.63, 3.8) is 0 Å². The summed E-state index contributed by atoms with van der Waals surface area (Å²) < 4.78 is 16.4. The van der Waals surface area contributed by atoms with Crippen LogP contribution >= 0.6 is 0 Å². The summed E-state index contributed by atoms with van der Waals surface area (Å²) in [6.45, 7) is 3.28. The van der Waals surface area contributed by atoms with E-state index in [2.05, 4.69) is 5.32 Å². The van der Waals surface area contributed by atoms with Gasteiger partial charge in [-0.15, -0.1) is 0 Å². The molecule has 0 unspecified atom stereocenters. The number of hydrogen-bond donors (Lipinski definition) is 1. The molecular formula is C13H17NO3. The largest absolute Gasteiger partial charge is 0.493 e. The van der Waals surface area contributed by atoms with Crippen LogP contribution in [0, 0.1) is 5.92 Å². The summed E-state index contributed by atoms with van der Waals surface area (Å²) in [6, 6.07) is 5.74. The fourth-order valence-electron chi connectivity index (χ4n) is 2.25. The summed E-state index contributed by atoms with van der Waals surface area (Å²) in [4.78, 5) is 0. The van der Waals surface area contributed by atoms with Crippen LogP contribution in [0.2, 0.25) is 0 Å². The zero-order chi connectivity index (χ0) is 11.5. The third-order valence-corrected chi connectivity index (χ3v) is 3.23. The maximum absolute atomic E-state index is 5.80. The van der Waals surface area contributed by atoms with Crippen molar-refractivity contribution in [2.24, 2.45) is 5.92 Å². The van der Waals surface area contributed by atoms with Crippen molar-refractivity contribution in [2.75, 3.05) is 26.5 Å². The molecule has 0 saturated carbocycles. The van der Waals surface area contributed by atoms with Crippen molar-refractivity contribution >= 4 is 0 Å². The topological polar surface area (TPSA) is 39.7 Å². The Morgan fingerprint density at radius 3 is 3.12 bits per heavy atom. The van der Waals surface area contributed by atoms with Crippen molar-refractivity contribution in [3.05, 3.63) is 18.2 Å². The third kappa shape index (κ3) is 2.47. The molecule has 1 aromatic rings. The second-order valence-corrected chi connectivity index (χ2v) is 4.54. The van der Waals surface area contributed by atoms with E-state index >= 15 is 0 Å². The molecule has 1 fully saturated rings. The Hall–Kier alpha value is -1.42. The molecule has 2 aliphatic heterocycles. The first-order chi connectivity index (χ1) is 8.42. The normalized spacial score (nSPS) is 22.5. The Balaban J connectivity index is 1.57. The summed E-state index contributed by atoms with van der Waals surface area (Å²) in [5, 5.41) is 3.39. The van der Waals surface area contributed by atoms with E-state index in [9.17, 15) is 0 Å². The zero-order valence-corrected chi connectivity index (χ0v) is 9.78. The van der Waals surface area contributed by atoms with Crippen LogP contribution in [0.4, 0.5) is 0 Å². The standard InChI is InChI=1S/C13H17NO3/c1-2-10(7-14-5-1)8-15-11-3-4-12-13(6-11)17-9-16-12/h3-4,6,10,14H,1-2,5,7-9H2/t10-/m0/s1. The summed E-state index contributed by atoms with van der Waals surface area (Å²) in [5.41, 5.74) is 0. The molecule has 92 valence electrons. The quantitative estimate of drug-likeness (QED) is 0.867. The lowest BCUT2D eigenvalue weighted by atomic mass is 10.0. The highest BCUT2D eigenvalue weighted by molar-refractivity contribution is 5.46. The first-order valence-corrected chi connectivity index (χ1v) is 6.15. The first-order valence-electron chi connectivity index (χ1n) is 6.15. The molecule has 4 heteroatoms. The predicted molar refractivity (Wildman–Crippen MR) is 63.7 cm³/mol. The monoisotopic (exact) mass is 235 g/mol. The highest BCUT2D eigenvalue weighted by Crippen LogP contribution is 2.35. The Labute approximate surface area is 101 Å². The molecular weight excluding hydrogens is 218 g/mol. The van der Waals surface area contributed by atoms with E-state index in [4.69, 9.17) is 14.2 Å². The van der Waals surface area contributed by atoms with Crippen molar-refractivity contribution < 1.29 is 14.2 Å². The second-order valence-electron chi connectivity index (χ2n) is 4.54. The zero-order valence-electron chi connectivity index (χ0n) is 9.78. The van der Waals surface area contributed by atoms with Crippen LogP contribution in [-0.4, -0.2) is 26.5 Å². The average molecular weight is 235 g/mol. The van der Waals surface area contributed by atoms with Gasteiger partial charge in [-0.1, -0.05) is 0 Å². The Kier molecular flexibility index (Phi) is 3.05. The number of rotatable bonds is 3.